The van der Waals surface area contributed by atoms with E-state index in [1.807, 2.05) is 30.3 Å². The van der Waals surface area contributed by atoms with E-state index in [2.05, 4.69) is 11.4 Å². The second kappa shape index (κ2) is 9.07. The van der Waals surface area contributed by atoms with Gasteiger partial charge in [-0.25, -0.2) is 0 Å². The number of aryl methyl sites for hydroxylation is 1. The zero-order valence-corrected chi connectivity index (χ0v) is 15.9. The fraction of sp³-hybridized carbons (Fsp3) is 0.130. The second-order valence-electron chi connectivity index (χ2n) is 6.35. The maximum atomic E-state index is 12.3. The van der Waals surface area contributed by atoms with Gasteiger partial charge in [0, 0.05) is 22.7 Å². The molecule has 5 heteroatoms. The Bertz CT molecular complexity index is 1030. The van der Waals surface area contributed by atoms with Crippen LogP contribution in [0.2, 0.25) is 5.02 Å². The summed E-state index contributed by atoms with van der Waals surface area (Å²) in [7, 11) is 0. The highest BCUT2D eigenvalue weighted by Crippen LogP contribution is 2.27. The molecule has 3 rings (SSSR count). The molecule has 3 aromatic rings. The molecule has 0 aliphatic heterocycles. The number of phenols is 1. The van der Waals surface area contributed by atoms with Crippen LogP contribution < -0.4 is 5.32 Å². The van der Waals surface area contributed by atoms with E-state index >= 15 is 0 Å². The molecule has 28 heavy (non-hydrogen) atoms. The van der Waals surface area contributed by atoms with Gasteiger partial charge in [0.1, 0.15) is 5.75 Å². The lowest BCUT2D eigenvalue weighted by molar-refractivity contribution is 0.0951. The number of nitrogens with zero attached hydrogens (tertiary/aromatic N) is 1. The smallest absolute Gasteiger partial charge is 0.251 e. The monoisotopic (exact) mass is 390 g/mol. The molecule has 0 bridgehead atoms. The quantitative estimate of drug-likeness (QED) is 0.644. The Kier molecular flexibility index (Phi) is 6.31. The number of aromatic hydroxyl groups is 1. The Morgan fingerprint density at radius 3 is 2.39 bits per heavy atom. The van der Waals surface area contributed by atoms with Crippen LogP contribution in [0.3, 0.4) is 0 Å². The van der Waals surface area contributed by atoms with Gasteiger partial charge in [-0.2, -0.15) is 5.26 Å². The van der Waals surface area contributed by atoms with Crippen LogP contribution in [0.15, 0.2) is 66.7 Å². The fourth-order valence-corrected chi connectivity index (χ4v) is 3.28. The van der Waals surface area contributed by atoms with Crippen molar-refractivity contribution in [2.24, 2.45) is 0 Å². The third-order valence-corrected chi connectivity index (χ3v) is 4.93. The average Bonchev–Trinajstić information content (AvgIpc) is 2.73. The Balaban J connectivity index is 1.78. The highest BCUT2D eigenvalue weighted by atomic mass is 35.5. The summed E-state index contributed by atoms with van der Waals surface area (Å²) in [6.45, 7) is 0.204. The van der Waals surface area contributed by atoms with Crippen LogP contribution in [0.4, 0.5) is 0 Å². The molecule has 0 unspecified atom stereocenters. The largest absolute Gasteiger partial charge is 0.508 e. The average molecular weight is 391 g/mol. The molecule has 4 nitrogen and oxygen atoms in total. The Labute approximate surface area is 169 Å². The molecule has 0 saturated heterocycles. The molecule has 0 spiro atoms. The molecule has 0 saturated carbocycles. The van der Waals surface area contributed by atoms with Gasteiger partial charge in [-0.3, -0.25) is 4.79 Å². The standard InChI is InChI=1S/C23H19ClN2O2/c24-21-9-5-4-6-16(21)10-12-19-20(14-25)18(11-13-22(19)27)15-26-23(28)17-7-2-1-3-8-17/h1-9,11,13,27H,10,12,15H2,(H,26,28). The zero-order chi connectivity index (χ0) is 19.9. The van der Waals surface area contributed by atoms with Gasteiger partial charge in [0.25, 0.3) is 5.91 Å². The van der Waals surface area contributed by atoms with Gasteiger partial charge < -0.3 is 10.4 Å². The van der Waals surface area contributed by atoms with Gasteiger partial charge in [0.2, 0.25) is 0 Å². The minimum atomic E-state index is -0.213. The molecule has 2 N–H and O–H groups in total. The van der Waals surface area contributed by atoms with Crippen LogP contribution in [0, 0.1) is 11.3 Å². The first-order chi connectivity index (χ1) is 13.6. The summed E-state index contributed by atoms with van der Waals surface area (Å²) in [4.78, 5) is 12.3. The Morgan fingerprint density at radius 1 is 0.964 bits per heavy atom. The molecule has 140 valence electrons. The van der Waals surface area contributed by atoms with E-state index in [0.29, 0.717) is 40.1 Å². The predicted octanol–water partition coefficient (Wildman–Crippen LogP) is 4.63. The van der Waals surface area contributed by atoms with E-state index in [0.717, 1.165) is 5.56 Å². The number of benzene rings is 3. The van der Waals surface area contributed by atoms with Crippen LogP contribution in [0.1, 0.15) is 32.6 Å². The number of nitrogens with one attached hydrogen (secondary N) is 1. The second-order valence-corrected chi connectivity index (χ2v) is 6.76. The van der Waals surface area contributed by atoms with Crippen molar-refractivity contribution in [2.75, 3.05) is 0 Å². The number of carbonyl (C=O) groups excluding carboxylic acids is 1. The summed E-state index contributed by atoms with van der Waals surface area (Å²) < 4.78 is 0. The van der Waals surface area contributed by atoms with Gasteiger partial charge in [0.15, 0.2) is 0 Å². The van der Waals surface area contributed by atoms with Gasteiger partial charge in [-0.05, 0) is 48.2 Å². The Morgan fingerprint density at radius 2 is 1.68 bits per heavy atom. The number of hydrogen-bond donors (Lipinski definition) is 2. The molecule has 0 atom stereocenters. The first-order valence-corrected chi connectivity index (χ1v) is 9.28. The zero-order valence-electron chi connectivity index (χ0n) is 15.2. The highest BCUT2D eigenvalue weighted by molar-refractivity contribution is 6.31. The summed E-state index contributed by atoms with van der Waals surface area (Å²) >= 11 is 6.20. The van der Waals surface area contributed by atoms with Gasteiger partial charge in [-0.15, -0.1) is 0 Å². The van der Waals surface area contributed by atoms with E-state index in [1.54, 1.807) is 36.4 Å². The summed E-state index contributed by atoms with van der Waals surface area (Å²) in [6, 6.07) is 21.8. The number of phenolic OH excluding ortho intramolecular Hbond substituents is 1. The predicted molar refractivity (Wildman–Crippen MR) is 109 cm³/mol. The molecule has 0 radical (unpaired) electrons. The van der Waals surface area contributed by atoms with E-state index < -0.39 is 0 Å². The third-order valence-electron chi connectivity index (χ3n) is 4.56. The van der Waals surface area contributed by atoms with Crippen molar-refractivity contribution in [3.8, 4) is 11.8 Å². The van der Waals surface area contributed by atoms with Crippen LogP contribution in [0.25, 0.3) is 0 Å². The molecule has 0 heterocycles. The molecular weight excluding hydrogens is 372 g/mol. The van der Waals surface area contributed by atoms with Crippen molar-refractivity contribution in [1.82, 2.24) is 5.32 Å². The fourth-order valence-electron chi connectivity index (χ4n) is 3.05. The highest BCUT2D eigenvalue weighted by Gasteiger charge is 2.15. The molecule has 0 aromatic heterocycles. The minimum Gasteiger partial charge on any atom is -0.508 e. The summed E-state index contributed by atoms with van der Waals surface area (Å²) in [5, 5.41) is 23.4. The van der Waals surface area contributed by atoms with E-state index in [4.69, 9.17) is 11.6 Å². The number of carbonyl (C=O) groups is 1. The number of hydrogen-bond acceptors (Lipinski definition) is 3. The summed E-state index contributed by atoms with van der Waals surface area (Å²) in [5.41, 5.74) is 3.13. The number of halogens is 1. The van der Waals surface area contributed by atoms with Crippen molar-refractivity contribution in [3.05, 3.63) is 99.6 Å². The normalized spacial score (nSPS) is 10.3. The molecule has 0 aliphatic rings. The van der Waals surface area contributed by atoms with Crippen LogP contribution in [-0.2, 0) is 19.4 Å². The van der Waals surface area contributed by atoms with Crippen LogP contribution in [0.5, 0.6) is 5.75 Å². The lowest BCUT2D eigenvalue weighted by atomic mass is 9.95. The van der Waals surface area contributed by atoms with E-state index in [-0.39, 0.29) is 18.2 Å². The molecule has 3 aromatic carbocycles. The lowest BCUT2D eigenvalue weighted by Gasteiger charge is -2.13. The topological polar surface area (TPSA) is 73.1 Å². The van der Waals surface area contributed by atoms with Gasteiger partial charge in [0.05, 0.1) is 11.6 Å². The molecule has 0 fully saturated rings. The third kappa shape index (κ3) is 4.51. The first-order valence-electron chi connectivity index (χ1n) is 8.90. The van der Waals surface area contributed by atoms with E-state index in [9.17, 15) is 15.2 Å². The van der Waals surface area contributed by atoms with Crippen molar-refractivity contribution in [1.29, 1.82) is 5.26 Å². The first kappa shape index (κ1) is 19.5. The number of nitriles is 1. The Hall–Kier alpha value is -3.29. The van der Waals surface area contributed by atoms with Crippen molar-refractivity contribution < 1.29 is 9.90 Å². The summed E-state index contributed by atoms with van der Waals surface area (Å²) in [6.07, 6.45) is 1.07. The van der Waals surface area contributed by atoms with Crippen molar-refractivity contribution >= 4 is 17.5 Å². The van der Waals surface area contributed by atoms with Crippen LogP contribution >= 0.6 is 11.6 Å². The van der Waals surface area contributed by atoms with Gasteiger partial charge >= 0.3 is 0 Å². The van der Waals surface area contributed by atoms with Crippen molar-refractivity contribution in [2.45, 2.75) is 19.4 Å². The SMILES string of the molecule is N#Cc1c(CNC(=O)c2ccccc2)ccc(O)c1CCc1ccccc1Cl. The number of amides is 1. The molecular formula is C23H19ClN2O2. The lowest BCUT2D eigenvalue weighted by Crippen LogP contribution is -2.23. The summed E-state index contributed by atoms with van der Waals surface area (Å²) in [5.74, 6) is -0.142. The van der Waals surface area contributed by atoms with E-state index in [1.165, 1.54) is 0 Å². The molecule has 1 amide bonds. The van der Waals surface area contributed by atoms with Gasteiger partial charge in [-0.1, -0.05) is 54.1 Å². The maximum Gasteiger partial charge on any atom is 0.251 e. The minimum absolute atomic E-state index is 0.0711. The van der Waals surface area contributed by atoms with Crippen LogP contribution in [-0.4, -0.2) is 11.0 Å². The molecule has 0 aliphatic carbocycles. The maximum absolute atomic E-state index is 12.3. The van der Waals surface area contributed by atoms with Crippen molar-refractivity contribution in [3.63, 3.8) is 0 Å². The number of rotatable bonds is 6.